The average Bonchev–Trinajstić information content (AvgIpc) is 2.75. The normalized spacial score (nSPS) is 9.91. The quantitative estimate of drug-likeness (QED) is 0.258. The fourth-order valence-corrected chi connectivity index (χ4v) is 2.70. The number of hydrogen-bond donors (Lipinski definition) is 2. The Morgan fingerprint density at radius 1 is 1.09 bits per heavy atom. The van der Waals surface area contributed by atoms with Gasteiger partial charge in [-0.15, -0.1) is 0 Å². The maximum absolute atomic E-state index is 11.3. The maximum Gasteiger partial charge on any atom is 0.321 e. The molecule has 0 bridgehead atoms. The van der Waals surface area contributed by atoms with E-state index in [2.05, 4.69) is 5.32 Å². The minimum atomic E-state index is -0.590. The third-order valence-electron chi connectivity index (χ3n) is 4.12. The monoisotopic (exact) mass is 476 g/mol. The molecule has 2 amide bonds. The number of nitro groups is 1. The van der Waals surface area contributed by atoms with Gasteiger partial charge in [-0.25, -0.2) is 4.79 Å². The number of nitrogen functional groups attached to an aromatic ring is 1. The summed E-state index contributed by atoms with van der Waals surface area (Å²) in [4.78, 5) is 22.8. The zero-order valence-corrected chi connectivity index (χ0v) is 19.1. The number of hydrogen-bond acceptors (Lipinski definition) is 5. The molecule has 0 saturated carbocycles. The molecule has 168 valence electrons. The fourth-order valence-electron chi connectivity index (χ4n) is 2.32. The molecule has 0 unspecified atom stereocenters. The third kappa shape index (κ3) is 6.76. The Bertz CT molecular complexity index is 1110. The Hall–Kier alpha value is -3.49. The van der Waals surface area contributed by atoms with E-state index in [1.807, 2.05) is 25.1 Å². The van der Waals surface area contributed by atoms with Crippen molar-refractivity contribution in [3.05, 3.63) is 86.4 Å². The van der Waals surface area contributed by atoms with Crippen LogP contribution in [0.5, 0.6) is 11.5 Å². The predicted octanol–water partition coefficient (Wildman–Crippen LogP) is 6.36. The van der Waals surface area contributed by atoms with E-state index in [1.54, 1.807) is 44.4 Å². The molecular weight excluding hydrogens is 455 g/mol. The fraction of sp³-hybridized carbons (Fsp3) is 0.136. The van der Waals surface area contributed by atoms with Gasteiger partial charge in [0.15, 0.2) is 0 Å². The van der Waals surface area contributed by atoms with Crippen LogP contribution >= 0.6 is 23.2 Å². The number of halogens is 2. The molecule has 3 rings (SSSR count). The number of para-hydroxylation sites is 1. The Morgan fingerprint density at radius 2 is 1.75 bits per heavy atom. The van der Waals surface area contributed by atoms with E-state index in [9.17, 15) is 14.9 Å². The highest BCUT2D eigenvalue weighted by atomic mass is 35.5. The largest absolute Gasteiger partial charge is 0.456 e. The number of nitrogens with two attached hydrogens (primary N) is 1. The lowest BCUT2D eigenvalue weighted by atomic mass is 10.2. The molecule has 0 radical (unpaired) electrons. The van der Waals surface area contributed by atoms with Gasteiger partial charge in [0, 0.05) is 30.9 Å². The number of nitrogens with zero attached hydrogens (tertiary/aromatic N) is 2. The SMILES string of the molecule is Cc1ccc(NC(=O)N(C)C)cc1Cl.Nc1c([N+](=O)[O-])ccc(Oc2ccccc2)c1Cl. The summed E-state index contributed by atoms with van der Waals surface area (Å²) < 4.78 is 5.49. The summed E-state index contributed by atoms with van der Waals surface area (Å²) in [6, 6.07) is 16.9. The van der Waals surface area contributed by atoms with Gasteiger partial charge in [0.05, 0.1) is 4.92 Å². The molecule has 0 heterocycles. The van der Waals surface area contributed by atoms with Crippen LogP contribution in [0.4, 0.5) is 21.9 Å². The van der Waals surface area contributed by atoms with Crippen molar-refractivity contribution in [1.82, 2.24) is 4.90 Å². The molecule has 0 spiro atoms. The van der Waals surface area contributed by atoms with Crippen molar-refractivity contribution in [1.29, 1.82) is 0 Å². The zero-order chi connectivity index (χ0) is 23.8. The number of nitrogens with one attached hydrogen (secondary N) is 1. The topological polar surface area (TPSA) is 111 Å². The predicted molar refractivity (Wildman–Crippen MR) is 128 cm³/mol. The highest BCUT2D eigenvalue weighted by Gasteiger charge is 2.18. The van der Waals surface area contributed by atoms with E-state index in [4.69, 9.17) is 33.7 Å². The highest BCUT2D eigenvalue weighted by Crippen LogP contribution is 2.38. The first-order valence-electron chi connectivity index (χ1n) is 9.30. The Kier molecular flexibility index (Phi) is 8.69. The van der Waals surface area contributed by atoms with Gasteiger partial charge in [0.1, 0.15) is 22.2 Å². The van der Waals surface area contributed by atoms with Crippen molar-refractivity contribution in [3.8, 4) is 11.5 Å². The second-order valence-electron chi connectivity index (χ2n) is 6.77. The van der Waals surface area contributed by atoms with Gasteiger partial charge in [0.2, 0.25) is 0 Å². The summed E-state index contributed by atoms with van der Waals surface area (Å²) in [5.74, 6) is 0.860. The summed E-state index contributed by atoms with van der Waals surface area (Å²) in [5, 5.41) is 14.1. The van der Waals surface area contributed by atoms with Crippen LogP contribution in [0.2, 0.25) is 10.0 Å². The Morgan fingerprint density at radius 3 is 2.31 bits per heavy atom. The second kappa shape index (κ2) is 11.2. The Balaban J connectivity index is 0.000000235. The van der Waals surface area contributed by atoms with Gasteiger partial charge >= 0.3 is 6.03 Å². The van der Waals surface area contributed by atoms with Gasteiger partial charge < -0.3 is 20.7 Å². The lowest BCUT2D eigenvalue weighted by Gasteiger charge is -2.12. The van der Waals surface area contributed by atoms with E-state index >= 15 is 0 Å². The number of anilines is 2. The molecule has 3 aromatic carbocycles. The summed E-state index contributed by atoms with van der Waals surface area (Å²) >= 11 is 11.8. The van der Waals surface area contributed by atoms with Crippen LogP contribution in [0.15, 0.2) is 60.7 Å². The van der Waals surface area contributed by atoms with Gasteiger partial charge in [-0.3, -0.25) is 10.1 Å². The first kappa shape index (κ1) is 24.8. The smallest absolute Gasteiger partial charge is 0.321 e. The average molecular weight is 477 g/mol. The minimum Gasteiger partial charge on any atom is -0.456 e. The minimum absolute atomic E-state index is 0.0352. The van der Waals surface area contributed by atoms with E-state index < -0.39 is 4.92 Å². The maximum atomic E-state index is 11.3. The number of carbonyl (C=O) groups is 1. The number of amides is 2. The van der Waals surface area contributed by atoms with Gasteiger partial charge in [0.25, 0.3) is 5.69 Å². The van der Waals surface area contributed by atoms with Crippen LogP contribution in [-0.2, 0) is 0 Å². The first-order valence-corrected chi connectivity index (χ1v) is 10.1. The van der Waals surface area contributed by atoms with Gasteiger partial charge in [-0.05, 0) is 42.8 Å². The molecular formula is C22H22Cl2N4O4. The zero-order valence-electron chi connectivity index (χ0n) is 17.6. The van der Waals surface area contributed by atoms with Gasteiger partial charge in [-0.1, -0.05) is 47.5 Å². The lowest BCUT2D eigenvalue weighted by Crippen LogP contribution is -2.27. The number of benzene rings is 3. The van der Waals surface area contributed by atoms with Crippen LogP contribution < -0.4 is 15.8 Å². The van der Waals surface area contributed by atoms with Crippen LogP contribution in [0.25, 0.3) is 0 Å². The van der Waals surface area contributed by atoms with Crippen LogP contribution in [0.3, 0.4) is 0 Å². The first-order chi connectivity index (χ1) is 15.1. The summed E-state index contributed by atoms with van der Waals surface area (Å²) in [6.45, 7) is 1.92. The summed E-state index contributed by atoms with van der Waals surface area (Å²) in [5.41, 5.74) is 6.95. The summed E-state index contributed by atoms with van der Waals surface area (Å²) in [6.07, 6.45) is 0. The molecule has 10 heteroatoms. The van der Waals surface area contributed by atoms with Crippen LogP contribution in [0, 0.1) is 17.0 Å². The van der Waals surface area contributed by atoms with Crippen molar-refractivity contribution < 1.29 is 14.5 Å². The highest BCUT2D eigenvalue weighted by molar-refractivity contribution is 6.35. The number of rotatable bonds is 4. The molecule has 32 heavy (non-hydrogen) atoms. The number of ether oxygens (including phenoxy) is 1. The van der Waals surface area contributed by atoms with Crippen LogP contribution in [0.1, 0.15) is 5.56 Å². The molecule has 0 atom stereocenters. The van der Waals surface area contributed by atoms with E-state index in [1.165, 1.54) is 17.0 Å². The van der Waals surface area contributed by atoms with Gasteiger partial charge in [-0.2, -0.15) is 0 Å². The molecule has 0 aliphatic rings. The van der Waals surface area contributed by atoms with Crippen molar-refractivity contribution in [2.75, 3.05) is 25.1 Å². The molecule has 0 fully saturated rings. The van der Waals surface area contributed by atoms with Crippen molar-refractivity contribution in [2.24, 2.45) is 0 Å². The second-order valence-corrected chi connectivity index (χ2v) is 7.56. The number of nitro benzene ring substituents is 1. The summed E-state index contributed by atoms with van der Waals surface area (Å²) in [7, 11) is 3.37. The van der Waals surface area contributed by atoms with Crippen molar-refractivity contribution in [3.63, 3.8) is 0 Å². The van der Waals surface area contributed by atoms with Crippen molar-refractivity contribution >= 4 is 46.3 Å². The molecule has 0 aliphatic carbocycles. The molecule has 0 aliphatic heterocycles. The Labute approximate surface area is 195 Å². The van der Waals surface area contributed by atoms with Crippen LogP contribution in [-0.4, -0.2) is 29.9 Å². The molecule has 0 saturated heterocycles. The molecule has 3 N–H and O–H groups in total. The molecule has 3 aromatic rings. The number of carbonyl (C=O) groups excluding carboxylic acids is 1. The standard InChI is InChI=1S/C12H9ClN2O3.C10H13ClN2O/c13-11-10(18-8-4-2-1-3-5-8)7-6-9(12(11)14)15(16)17;1-7-4-5-8(6-9(7)11)12-10(14)13(2)3/h1-7H,14H2;4-6H,1-3H3,(H,12,14). The molecule has 0 aromatic heterocycles. The number of urea groups is 1. The van der Waals surface area contributed by atoms with E-state index in [0.29, 0.717) is 16.5 Å². The number of aryl methyl sites for hydroxylation is 1. The molecule has 8 nitrogen and oxygen atoms in total. The lowest BCUT2D eigenvalue weighted by molar-refractivity contribution is -0.383. The van der Waals surface area contributed by atoms with Crippen molar-refractivity contribution in [2.45, 2.75) is 6.92 Å². The third-order valence-corrected chi connectivity index (χ3v) is 4.92. The van der Waals surface area contributed by atoms with E-state index in [0.717, 1.165) is 5.56 Å². The van der Waals surface area contributed by atoms with E-state index in [-0.39, 0.29) is 28.2 Å².